The van der Waals surface area contributed by atoms with E-state index in [1.807, 2.05) is 18.4 Å². The fourth-order valence-electron chi connectivity index (χ4n) is 5.86. The van der Waals surface area contributed by atoms with Crippen LogP contribution in [0, 0.1) is 5.82 Å². The number of para-hydroxylation sites is 1. The van der Waals surface area contributed by atoms with Crippen molar-refractivity contribution in [2.45, 2.75) is 44.1 Å². The number of benzene rings is 3. The molecule has 3 heterocycles. The molecule has 3 aromatic carbocycles. The average Bonchev–Trinajstić information content (AvgIpc) is 3.27. The summed E-state index contributed by atoms with van der Waals surface area (Å²) in [5, 5.41) is 7.34. The van der Waals surface area contributed by atoms with Crippen LogP contribution in [0.4, 0.5) is 4.39 Å². The maximum absolute atomic E-state index is 13.5. The lowest BCUT2D eigenvalue weighted by Crippen LogP contribution is -2.50. The van der Waals surface area contributed by atoms with Crippen LogP contribution in [-0.4, -0.2) is 23.3 Å². The second kappa shape index (κ2) is 9.35. The number of nitrogens with zero attached hydrogens (tertiary/aromatic N) is 1. The number of nitrogens with one attached hydrogen (secondary N) is 1. The van der Waals surface area contributed by atoms with E-state index in [9.17, 15) is 4.39 Å². The van der Waals surface area contributed by atoms with Crippen LogP contribution in [-0.2, 0) is 11.2 Å². The fourth-order valence-corrected chi connectivity index (χ4v) is 5.86. The lowest BCUT2D eigenvalue weighted by Gasteiger charge is -2.41. The van der Waals surface area contributed by atoms with Crippen LogP contribution in [0.15, 0.2) is 79.0 Å². The summed E-state index contributed by atoms with van der Waals surface area (Å²) in [6.45, 7) is 2.00. The summed E-state index contributed by atoms with van der Waals surface area (Å²) < 4.78 is 22.1. The minimum absolute atomic E-state index is 0.155. The molecule has 0 radical (unpaired) electrons. The van der Waals surface area contributed by atoms with Gasteiger partial charge >= 0.3 is 0 Å². The summed E-state index contributed by atoms with van der Waals surface area (Å²) in [6, 6.07) is 23.9. The van der Waals surface area contributed by atoms with Gasteiger partial charge in [-0.1, -0.05) is 42.5 Å². The van der Waals surface area contributed by atoms with E-state index in [0.717, 1.165) is 57.3 Å². The Bertz CT molecular complexity index is 1460. The standard InChI is InChI=1S/C31H31FN2O/c32-25-13-15-26(16-14-25)34-21-23(28-10-4-6-12-30(28)34)7-2-5-11-29-27-9-3-1-8-24(27)22-35-31(29)17-19-33-20-18-31/h1,3-4,6,8-10,12-16,21-22,33H,2,5,7,11,17-20H2. The van der Waals surface area contributed by atoms with Crippen molar-refractivity contribution in [1.82, 2.24) is 9.88 Å². The topological polar surface area (TPSA) is 26.2 Å². The van der Waals surface area contributed by atoms with Gasteiger partial charge < -0.3 is 14.6 Å². The molecule has 0 unspecified atom stereocenters. The van der Waals surface area contributed by atoms with E-state index in [4.69, 9.17) is 4.74 Å². The number of piperidine rings is 1. The van der Waals surface area contributed by atoms with Gasteiger partial charge in [0.2, 0.25) is 0 Å². The third-order valence-corrected chi connectivity index (χ3v) is 7.68. The lowest BCUT2D eigenvalue weighted by molar-refractivity contribution is 0.0676. The van der Waals surface area contributed by atoms with Gasteiger partial charge in [-0.25, -0.2) is 4.39 Å². The average molecular weight is 467 g/mol. The molecule has 3 nitrogen and oxygen atoms in total. The Morgan fingerprint density at radius 2 is 1.60 bits per heavy atom. The molecule has 4 aromatic rings. The van der Waals surface area contributed by atoms with Crippen molar-refractivity contribution < 1.29 is 9.13 Å². The van der Waals surface area contributed by atoms with E-state index >= 15 is 0 Å². The predicted molar refractivity (Wildman–Crippen MR) is 140 cm³/mol. The van der Waals surface area contributed by atoms with Gasteiger partial charge in [0, 0.05) is 35.3 Å². The molecular formula is C31H31FN2O. The van der Waals surface area contributed by atoms with Crippen LogP contribution < -0.4 is 15.8 Å². The molecule has 0 bridgehead atoms. The van der Waals surface area contributed by atoms with E-state index in [1.165, 1.54) is 44.6 Å². The number of ether oxygens (including phenoxy) is 1. The van der Waals surface area contributed by atoms with E-state index in [-0.39, 0.29) is 11.4 Å². The van der Waals surface area contributed by atoms with Gasteiger partial charge in [-0.2, -0.15) is 0 Å². The van der Waals surface area contributed by atoms with Gasteiger partial charge in [0.05, 0.1) is 11.8 Å². The van der Waals surface area contributed by atoms with E-state index < -0.39 is 0 Å². The lowest BCUT2D eigenvalue weighted by atomic mass is 9.79. The monoisotopic (exact) mass is 466 g/mol. The van der Waals surface area contributed by atoms with Crippen molar-refractivity contribution in [3.63, 3.8) is 0 Å². The van der Waals surface area contributed by atoms with Crippen LogP contribution in [0.5, 0.6) is 0 Å². The fraction of sp³-hybridized carbons (Fsp3) is 0.290. The number of fused-ring (bicyclic) bond motifs is 2. The molecule has 4 heteroatoms. The number of aromatic nitrogens is 1. The van der Waals surface area contributed by atoms with Gasteiger partial charge in [0.1, 0.15) is 11.4 Å². The maximum atomic E-state index is 13.5. The summed E-state index contributed by atoms with van der Waals surface area (Å²) in [7, 11) is 0. The highest BCUT2D eigenvalue weighted by Gasteiger charge is 2.38. The Kier molecular flexibility index (Phi) is 5.91. The summed E-state index contributed by atoms with van der Waals surface area (Å²) in [5.74, 6) is -0.208. The highest BCUT2D eigenvalue weighted by atomic mass is 19.1. The molecule has 1 aromatic heterocycles. The largest absolute Gasteiger partial charge is 0.490 e. The Hall–Kier alpha value is -3.37. The smallest absolute Gasteiger partial charge is 0.132 e. The van der Waals surface area contributed by atoms with Crippen LogP contribution >= 0.6 is 0 Å². The number of aryl methyl sites for hydroxylation is 1. The molecule has 6 rings (SSSR count). The first kappa shape index (κ1) is 22.1. The summed E-state index contributed by atoms with van der Waals surface area (Å²) in [5.41, 5.74) is 4.83. The molecule has 2 aliphatic heterocycles. The van der Waals surface area contributed by atoms with Crippen molar-refractivity contribution in [3.05, 3.63) is 101 Å². The van der Waals surface area contributed by atoms with Gasteiger partial charge in [0.25, 0.3) is 0 Å². The second-order valence-electron chi connectivity index (χ2n) is 9.77. The molecule has 0 aliphatic carbocycles. The van der Waals surface area contributed by atoms with Crippen molar-refractivity contribution in [3.8, 4) is 5.69 Å². The third kappa shape index (κ3) is 4.17. The van der Waals surface area contributed by atoms with E-state index in [1.54, 1.807) is 0 Å². The number of halogens is 1. The van der Waals surface area contributed by atoms with Gasteiger partial charge in [-0.15, -0.1) is 0 Å². The zero-order valence-corrected chi connectivity index (χ0v) is 20.0. The Balaban J connectivity index is 1.24. The number of hydrogen-bond acceptors (Lipinski definition) is 2. The first-order valence-corrected chi connectivity index (χ1v) is 12.8. The Morgan fingerprint density at radius 1 is 0.857 bits per heavy atom. The van der Waals surface area contributed by atoms with Crippen molar-refractivity contribution >= 4 is 22.7 Å². The molecule has 0 amide bonds. The zero-order valence-electron chi connectivity index (χ0n) is 20.0. The summed E-state index contributed by atoms with van der Waals surface area (Å²) in [6.07, 6.45) is 10.6. The summed E-state index contributed by atoms with van der Waals surface area (Å²) >= 11 is 0. The molecule has 1 spiro atoms. The third-order valence-electron chi connectivity index (χ3n) is 7.68. The minimum Gasteiger partial charge on any atom is -0.490 e. The maximum Gasteiger partial charge on any atom is 0.132 e. The molecule has 2 aliphatic rings. The molecule has 1 saturated heterocycles. The van der Waals surface area contributed by atoms with Crippen LogP contribution in [0.3, 0.4) is 0 Å². The number of hydrogen-bond donors (Lipinski definition) is 1. The van der Waals surface area contributed by atoms with Crippen molar-refractivity contribution in [2.24, 2.45) is 0 Å². The normalized spacial score (nSPS) is 16.7. The predicted octanol–water partition coefficient (Wildman–Crippen LogP) is 5.22. The quantitative estimate of drug-likeness (QED) is 0.394. The summed E-state index contributed by atoms with van der Waals surface area (Å²) in [4.78, 5) is 0. The molecular weight excluding hydrogens is 435 g/mol. The molecule has 1 N–H and O–H groups in total. The minimum atomic E-state index is -0.208. The second-order valence-corrected chi connectivity index (χ2v) is 9.77. The van der Waals surface area contributed by atoms with Gasteiger partial charge in [0.15, 0.2) is 0 Å². The first-order chi connectivity index (χ1) is 17.2. The zero-order chi connectivity index (χ0) is 23.7. The molecule has 1 fully saturated rings. The van der Waals surface area contributed by atoms with Crippen LogP contribution in [0.25, 0.3) is 28.4 Å². The van der Waals surface area contributed by atoms with Crippen LogP contribution in [0.2, 0.25) is 0 Å². The van der Waals surface area contributed by atoms with E-state index in [2.05, 4.69) is 64.6 Å². The van der Waals surface area contributed by atoms with Gasteiger partial charge in [-0.3, -0.25) is 0 Å². The molecule has 178 valence electrons. The first-order valence-electron chi connectivity index (χ1n) is 12.8. The van der Waals surface area contributed by atoms with Gasteiger partial charge in [-0.05, 0) is 85.5 Å². The van der Waals surface area contributed by atoms with E-state index in [0.29, 0.717) is 0 Å². The highest BCUT2D eigenvalue weighted by molar-refractivity contribution is 5.85. The highest BCUT2D eigenvalue weighted by Crippen LogP contribution is 2.36. The number of rotatable bonds is 6. The Morgan fingerprint density at radius 3 is 2.46 bits per heavy atom. The Labute approximate surface area is 205 Å². The molecule has 0 atom stereocenters. The van der Waals surface area contributed by atoms with Crippen molar-refractivity contribution in [1.29, 1.82) is 0 Å². The van der Waals surface area contributed by atoms with Crippen molar-refractivity contribution in [2.75, 3.05) is 13.1 Å². The molecule has 35 heavy (non-hydrogen) atoms. The molecule has 0 saturated carbocycles. The number of unbranched alkanes of at least 4 members (excludes halogenated alkanes) is 1. The SMILES string of the molecule is Fc1ccc(-n2cc(CCCCC3=c4ccccc4=COC34CCNCC4)c3ccccc32)cc1. The van der Waals surface area contributed by atoms with Crippen LogP contribution in [0.1, 0.15) is 37.7 Å².